The topological polar surface area (TPSA) is 49.1 Å². The molecule has 1 saturated heterocycles. The van der Waals surface area contributed by atoms with Crippen LogP contribution in [0.5, 0.6) is 5.75 Å². The van der Waals surface area contributed by atoms with Crippen molar-refractivity contribution in [1.29, 1.82) is 5.26 Å². The van der Waals surface area contributed by atoms with Crippen molar-refractivity contribution in [2.75, 3.05) is 13.1 Å². The molecule has 4 rings (SSSR count). The van der Waals surface area contributed by atoms with Gasteiger partial charge in [0, 0.05) is 36.8 Å². The Kier molecular flexibility index (Phi) is 5.23. The molecule has 0 aliphatic carbocycles. The normalized spacial score (nSPS) is 15.5. The molecule has 0 spiro atoms. The van der Waals surface area contributed by atoms with Gasteiger partial charge in [-0.05, 0) is 55.7 Å². The zero-order chi connectivity index (χ0) is 19.5. The summed E-state index contributed by atoms with van der Waals surface area (Å²) in [6, 6.07) is 16.4. The minimum atomic E-state index is -0.278. The third-order valence-corrected chi connectivity index (χ3v) is 5.18. The Hall–Kier alpha value is -2.97. The fourth-order valence-corrected chi connectivity index (χ4v) is 3.70. The van der Waals surface area contributed by atoms with Gasteiger partial charge >= 0.3 is 0 Å². The number of nitrogens with zero attached hydrogens (tertiary/aromatic N) is 3. The van der Waals surface area contributed by atoms with E-state index in [9.17, 15) is 4.39 Å². The summed E-state index contributed by atoms with van der Waals surface area (Å²) < 4.78 is 20.0. The van der Waals surface area contributed by atoms with Crippen LogP contribution in [-0.2, 0) is 6.54 Å². The van der Waals surface area contributed by atoms with Crippen molar-refractivity contribution in [1.82, 2.24) is 9.88 Å². The van der Waals surface area contributed by atoms with E-state index in [0.29, 0.717) is 11.3 Å². The molecule has 0 saturated carbocycles. The molecule has 2 aromatic carbocycles. The van der Waals surface area contributed by atoms with E-state index >= 15 is 0 Å². The summed E-state index contributed by atoms with van der Waals surface area (Å²) >= 11 is 0. The van der Waals surface area contributed by atoms with Crippen LogP contribution in [0.3, 0.4) is 0 Å². The predicted octanol–water partition coefficient (Wildman–Crippen LogP) is 4.60. The molecule has 0 radical (unpaired) electrons. The van der Waals surface area contributed by atoms with Crippen molar-refractivity contribution in [2.24, 2.45) is 0 Å². The Morgan fingerprint density at radius 3 is 2.61 bits per heavy atom. The van der Waals surface area contributed by atoms with E-state index in [4.69, 9.17) is 10.00 Å². The van der Waals surface area contributed by atoms with Gasteiger partial charge in [-0.2, -0.15) is 5.26 Å². The number of nitriles is 1. The first-order valence-corrected chi connectivity index (χ1v) is 9.56. The standard InChI is InChI=1S/C23H22FN3O/c1-16-12-23(21-13-19(24)6-7-22(21)26-16)28-20-8-10-27(11-9-20)15-18-4-2-17(14-25)3-5-18/h2-7,12-13,20H,8-11,15H2,1H3. The van der Waals surface area contributed by atoms with E-state index in [0.717, 1.165) is 49.1 Å². The molecule has 4 nitrogen and oxygen atoms in total. The molecular formula is C23H22FN3O. The van der Waals surface area contributed by atoms with Crippen molar-refractivity contribution in [3.8, 4) is 11.8 Å². The summed E-state index contributed by atoms with van der Waals surface area (Å²) in [6.07, 6.45) is 1.97. The van der Waals surface area contributed by atoms with Crippen LogP contribution < -0.4 is 4.74 Å². The molecule has 1 aliphatic rings. The maximum atomic E-state index is 13.7. The number of aromatic nitrogens is 1. The van der Waals surface area contributed by atoms with Gasteiger partial charge in [-0.1, -0.05) is 12.1 Å². The smallest absolute Gasteiger partial charge is 0.131 e. The molecule has 142 valence electrons. The molecule has 0 bridgehead atoms. The number of piperidine rings is 1. The molecule has 3 aromatic rings. The van der Waals surface area contributed by atoms with Gasteiger partial charge in [-0.15, -0.1) is 0 Å². The molecule has 28 heavy (non-hydrogen) atoms. The number of benzene rings is 2. The van der Waals surface area contributed by atoms with Crippen LogP contribution in [0.4, 0.5) is 4.39 Å². The molecule has 0 N–H and O–H groups in total. The highest BCUT2D eigenvalue weighted by molar-refractivity contribution is 5.85. The summed E-state index contributed by atoms with van der Waals surface area (Å²) in [5.74, 6) is 0.438. The Morgan fingerprint density at radius 1 is 1.14 bits per heavy atom. The fraction of sp³-hybridized carbons (Fsp3) is 0.304. The van der Waals surface area contributed by atoms with Crippen LogP contribution >= 0.6 is 0 Å². The molecular weight excluding hydrogens is 353 g/mol. The van der Waals surface area contributed by atoms with Crippen molar-refractivity contribution in [3.63, 3.8) is 0 Å². The average molecular weight is 375 g/mol. The monoisotopic (exact) mass is 375 g/mol. The molecule has 1 aromatic heterocycles. The Morgan fingerprint density at radius 2 is 1.89 bits per heavy atom. The second-order valence-corrected chi connectivity index (χ2v) is 7.33. The van der Waals surface area contributed by atoms with Crippen LogP contribution in [-0.4, -0.2) is 29.1 Å². The van der Waals surface area contributed by atoms with E-state index < -0.39 is 0 Å². The lowest BCUT2D eigenvalue weighted by Crippen LogP contribution is -2.37. The highest BCUT2D eigenvalue weighted by Gasteiger charge is 2.21. The van der Waals surface area contributed by atoms with Crippen LogP contribution in [0, 0.1) is 24.1 Å². The van der Waals surface area contributed by atoms with E-state index in [1.54, 1.807) is 6.07 Å². The van der Waals surface area contributed by atoms with E-state index in [2.05, 4.69) is 16.0 Å². The summed E-state index contributed by atoms with van der Waals surface area (Å²) in [5.41, 5.74) is 3.53. The van der Waals surface area contributed by atoms with Crippen molar-refractivity contribution < 1.29 is 9.13 Å². The first-order valence-electron chi connectivity index (χ1n) is 9.56. The summed E-state index contributed by atoms with van der Waals surface area (Å²) in [7, 11) is 0. The predicted molar refractivity (Wildman–Crippen MR) is 107 cm³/mol. The number of halogens is 1. The summed E-state index contributed by atoms with van der Waals surface area (Å²) in [6.45, 7) is 4.69. The summed E-state index contributed by atoms with van der Waals surface area (Å²) in [4.78, 5) is 6.87. The second kappa shape index (κ2) is 7.95. The Balaban J connectivity index is 1.40. The molecule has 1 aliphatic heterocycles. The lowest BCUT2D eigenvalue weighted by atomic mass is 10.1. The fourth-order valence-electron chi connectivity index (χ4n) is 3.70. The number of hydrogen-bond donors (Lipinski definition) is 0. The number of pyridine rings is 1. The largest absolute Gasteiger partial charge is 0.490 e. The lowest BCUT2D eigenvalue weighted by molar-refractivity contribution is 0.0979. The number of hydrogen-bond acceptors (Lipinski definition) is 4. The molecule has 5 heteroatoms. The van der Waals surface area contributed by atoms with Crippen LogP contribution in [0.25, 0.3) is 10.9 Å². The molecule has 0 amide bonds. The molecule has 2 heterocycles. The van der Waals surface area contributed by atoms with Gasteiger partial charge in [0.25, 0.3) is 0 Å². The molecule has 0 unspecified atom stereocenters. The van der Waals surface area contributed by atoms with Crippen molar-refractivity contribution in [2.45, 2.75) is 32.4 Å². The van der Waals surface area contributed by atoms with Crippen LogP contribution in [0.2, 0.25) is 0 Å². The highest BCUT2D eigenvalue weighted by atomic mass is 19.1. The lowest BCUT2D eigenvalue weighted by Gasteiger charge is -2.32. The van der Waals surface area contributed by atoms with E-state index in [-0.39, 0.29) is 11.9 Å². The van der Waals surface area contributed by atoms with Gasteiger partial charge in [-0.25, -0.2) is 4.39 Å². The van der Waals surface area contributed by atoms with E-state index in [1.807, 2.05) is 37.3 Å². The second-order valence-electron chi connectivity index (χ2n) is 7.33. The van der Waals surface area contributed by atoms with E-state index in [1.165, 1.54) is 17.7 Å². The van der Waals surface area contributed by atoms with Gasteiger partial charge in [0.2, 0.25) is 0 Å². The first-order chi connectivity index (χ1) is 13.6. The van der Waals surface area contributed by atoms with Gasteiger partial charge in [0.15, 0.2) is 0 Å². The Labute approximate surface area is 164 Å². The van der Waals surface area contributed by atoms with Gasteiger partial charge in [0.05, 0.1) is 17.1 Å². The number of aryl methyl sites for hydroxylation is 1. The van der Waals surface area contributed by atoms with Gasteiger partial charge < -0.3 is 4.74 Å². The number of ether oxygens (including phenoxy) is 1. The third kappa shape index (κ3) is 4.13. The maximum absolute atomic E-state index is 13.7. The highest BCUT2D eigenvalue weighted by Crippen LogP contribution is 2.29. The zero-order valence-electron chi connectivity index (χ0n) is 15.9. The average Bonchev–Trinajstić information content (AvgIpc) is 2.70. The summed E-state index contributed by atoms with van der Waals surface area (Å²) in [5, 5.41) is 9.63. The number of rotatable bonds is 4. The minimum absolute atomic E-state index is 0.116. The Bertz CT molecular complexity index is 1020. The SMILES string of the molecule is Cc1cc(OC2CCN(Cc3ccc(C#N)cc3)CC2)c2cc(F)ccc2n1. The zero-order valence-corrected chi connectivity index (χ0v) is 15.9. The first kappa shape index (κ1) is 18.4. The third-order valence-electron chi connectivity index (χ3n) is 5.18. The van der Waals surface area contributed by atoms with Crippen LogP contribution in [0.1, 0.15) is 29.7 Å². The molecule has 1 fully saturated rings. The maximum Gasteiger partial charge on any atom is 0.131 e. The van der Waals surface area contributed by atoms with Crippen molar-refractivity contribution >= 4 is 10.9 Å². The van der Waals surface area contributed by atoms with Gasteiger partial charge in [-0.3, -0.25) is 9.88 Å². The molecule has 0 atom stereocenters. The number of fused-ring (bicyclic) bond motifs is 1. The number of likely N-dealkylation sites (tertiary alicyclic amines) is 1. The van der Waals surface area contributed by atoms with Crippen molar-refractivity contribution in [3.05, 3.63) is 71.2 Å². The van der Waals surface area contributed by atoms with Gasteiger partial charge in [0.1, 0.15) is 17.7 Å². The minimum Gasteiger partial charge on any atom is -0.490 e. The quantitative estimate of drug-likeness (QED) is 0.669. The van der Waals surface area contributed by atoms with Crippen LogP contribution in [0.15, 0.2) is 48.5 Å².